The Morgan fingerprint density at radius 1 is 0.791 bits per heavy atom. The molecule has 0 fully saturated rings. The Bertz CT molecular complexity index is 1630. The number of amides is 2. The molecule has 0 aromatic heterocycles. The quantitative estimate of drug-likeness (QED) is 0.221. The fourth-order valence-electron chi connectivity index (χ4n) is 4.68. The van der Waals surface area contributed by atoms with Gasteiger partial charge in [0.05, 0.1) is 10.6 Å². The summed E-state index contributed by atoms with van der Waals surface area (Å²) < 4.78 is 29.0. The van der Waals surface area contributed by atoms with Crippen molar-refractivity contribution in [3.63, 3.8) is 0 Å². The van der Waals surface area contributed by atoms with Gasteiger partial charge in [-0.05, 0) is 68.3 Å². The highest BCUT2D eigenvalue weighted by Gasteiger charge is 2.35. The van der Waals surface area contributed by atoms with Crippen LogP contribution < -0.4 is 9.62 Å². The van der Waals surface area contributed by atoms with Crippen molar-refractivity contribution in [3.05, 3.63) is 131 Å². The molecule has 9 heteroatoms. The lowest BCUT2D eigenvalue weighted by Gasteiger charge is -2.35. The van der Waals surface area contributed by atoms with Gasteiger partial charge >= 0.3 is 0 Å². The first-order valence-corrected chi connectivity index (χ1v) is 15.8. The Hall–Kier alpha value is -4.14. The second-order valence-corrected chi connectivity index (χ2v) is 13.6. The van der Waals surface area contributed by atoms with Crippen LogP contribution in [0, 0.1) is 0 Å². The van der Waals surface area contributed by atoms with E-state index >= 15 is 0 Å². The molecule has 1 unspecified atom stereocenters. The zero-order valence-electron chi connectivity index (χ0n) is 24.5. The lowest BCUT2D eigenvalue weighted by molar-refractivity contribution is -0.140. The van der Waals surface area contributed by atoms with E-state index in [1.807, 2.05) is 57.2 Å². The number of hydrogen-bond acceptors (Lipinski definition) is 4. The Kier molecular flexibility index (Phi) is 10.3. The van der Waals surface area contributed by atoms with Gasteiger partial charge in [-0.15, -0.1) is 0 Å². The number of nitrogens with zero attached hydrogens (tertiary/aromatic N) is 2. The fourth-order valence-corrected chi connectivity index (χ4v) is 6.33. The second-order valence-electron chi connectivity index (χ2n) is 11.3. The van der Waals surface area contributed by atoms with E-state index in [1.165, 1.54) is 17.0 Å². The van der Waals surface area contributed by atoms with Crippen LogP contribution in [0.4, 0.5) is 5.69 Å². The van der Waals surface area contributed by atoms with Crippen molar-refractivity contribution in [2.75, 3.05) is 10.8 Å². The first-order chi connectivity index (χ1) is 20.4. The lowest BCUT2D eigenvalue weighted by Crippen LogP contribution is -2.56. The summed E-state index contributed by atoms with van der Waals surface area (Å²) in [5.41, 5.74) is 1.34. The predicted molar refractivity (Wildman–Crippen MR) is 171 cm³/mol. The summed E-state index contributed by atoms with van der Waals surface area (Å²) in [7, 11) is -4.13. The molecule has 0 saturated carbocycles. The third kappa shape index (κ3) is 8.69. The molecule has 0 spiro atoms. The highest BCUT2D eigenvalue weighted by atomic mass is 35.5. The van der Waals surface area contributed by atoms with Gasteiger partial charge in [0, 0.05) is 23.5 Å². The summed E-state index contributed by atoms with van der Waals surface area (Å²) in [5.74, 6) is -0.878. The first-order valence-electron chi connectivity index (χ1n) is 14.0. The Morgan fingerprint density at radius 3 is 1.93 bits per heavy atom. The molecule has 0 saturated heterocycles. The van der Waals surface area contributed by atoms with Gasteiger partial charge in [0.2, 0.25) is 11.8 Å². The third-order valence-electron chi connectivity index (χ3n) is 6.67. The van der Waals surface area contributed by atoms with Crippen molar-refractivity contribution in [1.29, 1.82) is 0 Å². The molecule has 0 radical (unpaired) electrons. The number of sulfonamides is 1. The number of para-hydroxylation sites is 1. The summed E-state index contributed by atoms with van der Waals surface area (Å²) in [6.07, 6.45) is 0.228. The van der Waals surface area contributed by atoms with E-state index in [2.05, 4.69) is 5.32 Å². The molecule has 1 N–H and O–H groups in total. The van der Waals surface area contributed by atoms with Crippen LogP contribution in [0.3, 0.4) is 0 Å². The number of halogens is 1. The molecule has 0 aliphatic carbocycles. The van der Waals surface area contributed by atoms with Crippen LogP contribution in [0.25, 0.3) is 0 Å². The van der Waals surface area contributed by atoms with E-state index in [0.717, 1.165) is 9.87 Å². The van der Waals surface area contributed by atoms with Crippen LogP contribution in [-0.2, 0) is 32.6 Å². The van der Waals surface area contributed by atoms with Crippen LogP contribution >= 0.6 is 11.6 Å². The Balaban J connectivity index is 1.80. The molecule has 43 heavy (non-hydrogen) atoms. The van der Waals surface area contributed by atoms with Crippen molar-refractivity contribution in [2.24, 2.45) is 0 Å². The highest BCUT2D eigenvalue weighted by molar-refractivity contribution is 7.92. The molecule has 0 bridgehead atoms. The SMILES string of the molecule is CC(C)(C)NC(=O)C(Cc1ccccc1)N(Cc1cccc(Cl)c1)C(=O)CN(c1ccccc1)S(=O)(=O)c1ccccc1. The maximum atomic E-state index is 14.4. The normalized spacial score (nSPS) is 12.3. The van der Waals surface area contributed by atoms with E-state index < -0.39 is 34.1 Å². The molecule has 7 nitrogen and oxygen atoms in total. The second kappa shape index (κ2) is 13.9. The van der Waals surface area contributed by atoms with Gasteiger partial charge in [-0.1, -0.05) is 90.5 Å². The minimum atomic E-state index is -4.13. The largest absolute Gasteiger partial charge is 0.350 e. The monoisotopic (exact) mass is 617 g/mol. The van der Waals surface area contributed by atoms with Crippen LogP contribution in [0.2, 0.25) is 5.02 Å². The maximum Gasteiger partial charge on any atom is 0.264 e. The van der Waals surface area contributed by atoms with E-state index in [9.17, 15) is 18.0 Å². The zero-order valence-corrected chi connectivity index (χ0v) is 26.1. The molecule has 4 aromatic rings. The molecule has 0 aliphatic rings. The molecule has 4 aromatic carbocycles. The Morgan fingerprint density at radius 2 is 1.35 bits per heavy atom. The number of anilines is 1. The van der Waals surface area contributed by atoms with E-state index in [0.29, 0.717) is 16.3 Å². The molecule has 224 valence electrons. The number of hydrogen-bond donors (Lipinski definition) is 1. The third-order valence-corrected chi connectivity index (χ3v) is 8.69. The van der Waals surface area contributed by atoms with Crippen LogP contribution in [-0.4, -0.2) is 43.3 Å². The van der Waals surface area contributed by atoms with Crippen molar-refractivity contribution in [3.8, 4) is 0 Å². The smallest absolute Gasteiger partial charge is 0.264 e. The molecular formula is C34H36ClN3O4S. The number of carbonyl (C=O) groups is 2. The lowest BCUT2D eigenvalue weighted by atomic mass is 10.0. The van der Waals surface area contributed by atoms with Gasteiger partial charge < -0.3 is 10.2 Å². The molecule has 0 aliphatic heterocycles. The van der Waals surface area contributed by atoms with Gasteiger partial charge in [0.1, 0.15) is 12.6 Å². The number of rotatable bonds is 11. The molecule has 1 atom stereocenters. The van der Waals surface area contributed by atoms with Crippen LogP contribution in [0.15, 0.2) is 120 Å². The number of benzene rings is 4. The van der Waals surface area contributed by atoms with E-state index in [1.54, 1.807) is 66.7 Å². The van der Waals surface area contributed by atoms with Gasteiger partial charge in [0.25, 0.3) is 10.0 Å². The average Bonchev–Trinajstić information content (AvgIpc) is 2.98. The topological polar surface area (TPSA) is 86.8 Å². The van der Waals surface area contributed by atoms with Gasteiger partial charge in [-0.3, -0.25) is 13.9 Å². The summed E-state index contributed by atoms with van der Waals surface area (Å²) in [6.45, 7) is 5.14. The summed E-state index contributed by atoms with van der Waals surface area (Å²) in [4.78, 5) is 29.8. The van der Waals surface area contributed by atoms with Crippen molar-refractivity contribution < 1.29 is 18.0 Å². The standard InChI is InChI=1S/C34H36ClN3O4S/c1-34(2,3)36-33(40)31(23-26-14-7-4-8-15-26)37(24-27-16-13-17-28(35)22-27)32(39)25-38(29-18-9-5-10-19-29)43(41,42)30-20-11-6-12-21-30/h4-22,31H,23-25H2,1-3H3,(H,36,40). The van der Waals surface area contributed by atoms with E-state index in [-0.39, 0.29) is 23.8 Å². The Labute approximate surface area is 259 Å². The highest BCUT2D eigenvalue weighted by Crippen LogP contribution is 2.25. The van der Waals surface area contributed by atoms with Gasteiger partial charge in [-0.2, -0.15) is 0 Å². The molecule has 0 heterocycles. The first kappa shape index (κ1) is 31.8. The summed E-state index contributed by atoms with van der Waals surface area (Å²) in [6, 6.07) is 32.0. The van der Waals surface area contributed by atoms with E-state index in [4.69, 9.17) is 11.6 Å². The van der Waals surface area contributed by atoms with Crippen molar-refractivity contribution >= 4 is 39.1 Å². The summed E-state index contributed by atoms with van der Waals surface area (Å²) >= 11 is 6.29. The summed E-state index contributed by atoms with van der Waals surface area (Å²) in [5, 5.41) is 3.51. The maximum absolute atomic E-state index is 14.4. The predicted octanol–water partition coefficient (Wildman–Crippen LogP) is 6.09. The average molecular weight is 618 g/mol. The molecule has 2 amide bonds. The van der Waals surface area contributed by atoms with Gasteiger partial charge in [0.15, 0.2) is 0 Å². The van der Waals surface area contributed by atoms with Crippen LogP contribution in [0.5, 0.6) is 0 Å². The number of nitrogens with one attached hydrogen (secondary N) is 1. The van der Waals surface area contributed by atoms with Crippen LogP contribution in [0.1, 0.15) is 31.9 Å². The number of carbonyl (C=O) groups excluding carboxylic acids is 2. The van der Waals surface area contributed by atoms with Crippen molar-refractivity contribution in [2.45, 2.75) is 50.2 Å². The minimum absolute atomic E-state index is 0.0441. The fraction of sp³-hybridized carbons (Fsp3) is 0.235. The molecular weight excluding hydrogens is 582 g/mol. The van der Waals surface area contributed by atoms with Crippen molar-refractivity contribution in [1.82, 2.24) is 10.2 Å². The van der Waals surface area contributed by atoms with Gasteiger partial charge in [-0.25, -0.2) is 8.42 Å². The molecule has 4 rings (SSSR count). The minimum Gasteiger partial charge on any atom is -0.350 e. The zero-order chi connectivity index (χ0) is 31.0.